The molecule has 0 radical (unpaired) electrons. The van der Waals surface area contributed by atoms with E-state index in [1.807, 2.05) is 28.2 Å². The lowest BCUT2D eigenvalue weighted by atomic mass is 9.78. The van der Waals surface area contributed by atoms with Crippen LogP contribution in [0.2, 0.25) is 0 Å². The molecular formula is C31H41N5O2. The van der Waals surface area contributed by atoms with Crippen molar-refractivity contribution in [1.29, 1.82) is 0 Å². The number of anilines is 4. The van der Waals surface area contributed by atoms with E-state index in [1.54, 1.807) is 18.5 Å². The molecule has 0 spiro atoms. The molecule has 0 fully saturated rings. The molecule has 1 aliphatic heterocycles. The van der Waals surface area contributed by atoms with Crippen LogP contribution in [0.15, 0.2) is 54.9 Å². The molecule has 0 amide bonds. The smallest absolute Gasteiger partial charge is 0.340 e. The van der Waals surface area contributed by atoms with Crippen molar-refractivity contribution in [2.24, 2.45) is 0 Å². The SMILES string of the molecule is CCN(CC)c1cc(N(C)C)ccc1C1(c2ccc(N(C)C)cc2N(CC)CC)OC(=O)c2ccncc21. The summed E-state index contributed by atoms with van der Waals surface area (Å²) in [5.74, 6) is -0.327. The molecule has 4 rings (SSSR count). The Balaban J connectivity index is 2.16. The van der Waals surface area contributed by atoms with Gasteiger partial charge in [0.15, 0.2) is 5.60 Å². The van der Waals surface area contributed by atoms with Gasteiger partial charge < -0.3 is 24.3 Å². The monoisotopic (exact) mass is 515 g/mol. The fraction of sp³-hybridized carbons (Fsp3) is 0.419. The Morgan fingerprint density at radius 3 is 1.61 bits per heavy atom. The number of nitrogens with zero attached hydrogens (tertiary/aromatic N) is 5. The molecule has 0 aliphatic carbocycles. The molecule has 0 saturated heterocycles. The maximum atomic E-state index is 13.5. The molecule has 1 aliphatic rings. The summed E-state index contributed by atoms with van der Waals surface area (Å²) in [6, 6.07) is 14.7. The van der Waals surface area contributed by atoms with Crippen molar-refractivity contribution < 1.29 is 9.53 Å². The Kier molecular flexibility index (Phi) is 7.86. The van der Waals surface area contributed by atoms with Gasteiger partial charge in [0.1, 0.15) is 0 Å². The van der Waals surface area contributed by atoms with Crippen molar-refractivity contribution in [2.45, 2.75) is 33.3 Å². The van der Waals surface area contributed by atoms with E-state index >= 15 is 0 Å². The topological polar surface area (TPSA) is 52.2 Å². The van der Waals surface area contributed by atoms with Gasteiger partial charge >= 0.3 is 5.97 Å². The number of cyclic esters (lactones) is 1. The standard InChI is InChI=1S/C31H41N5O2/c1-9-35(10-2)28-19-22(33(5)6)13-15-25(28)31(27-21-32-18-17-24(27)30(37)38-31)26-16-14-23(34(7)8)20-29(26)36(11-3)12-4/h13-21H,9-12H2,1-8H3. The maximum Gasteiger partial charge on any atom is 0.340 e. The Morgan fingerprint density at radius 2 is 1.18 bits per heavy atom. The molecule has 38 heavy (non-hydrogen) atoms. The number of pyridine rings is 1. The van der Waals surface area contributed by atoms with Gasteiger partial charge in [0, 0.05) is 106 Å². The number of ether oxygens (including phenoxy) is 1. The zero-order valence-corrected chi connectivity index (χ0v) is 24.1. The van der Waals surface area contributed by atoms with Crippen LogP contribution in [0.3, 0.4) is 0 Å². The molecule has 0 saturated carbocycles. The van der Waals surface area contributed by atoms with E-state index < -0.39 is 5.60 Å². The van der Waals surface area contributed by atoms with Gasteiger partial charge in [-0.25, -0.2) is 4.79 Å². The normalized spacial score (nSPS) is 13.6. The number of benzene rings is 2. The van der Waals surface area contributed by atoms with Gasteiger partial charge in [-0.05, 0) is 58.0 Å². The lowest BCUT2D eigenvalue weighted by Gasteiger charge is -2.38. The average molecular weight is 516 g/mol. The minimum absolute atomic E-state index is 0.327. The second-order valence-electron chi connectivity index (χ2n) is 10.0. The number of hydrogen-bond donors (Lipinski definition) is 0. The van der Waals surface area contributed by atoms with E-state index in [9.17, 15) is 4.79 Å². The molecule has 0 atom stereocenters. The van der Waals surface area contributed by atoms with Crippen molar-refractivity contribution >= 4 is 28.7 Å². The molecule has 3 aromatic rings. The number of hydrogen-bond acceptors (Lipinski definition) is 7. The number of carbonyl (C=O) groups excluding carboxylic acids is 1. The molecule has 202 valence electrons. The van der Waals surface area contributed by atoms with E-state index in [4.69, 9.17) is 4.74 Å². The third-order valence-corrected chi connectivity index (χ3v) is 7.63. The second-order valence-corrected chi connectivity index (χ2v) is 10.0. The van der Waals surface area contributed by atoms with Crippen LogP contribution in [-0.2, 0) is 10.3 Å². The van der Waals surface area contributed by atoms with Crippen LogP contribution in [0.25, 0.3) is 0 Å². The molecule has 7 heteroatoms. The highest BCUT2D eigenvalue weighted by Crippen LogP contribution is 2.53. The van der Waals surface area contributed by atoms with Crippen molar-refractivity contribution in [3.8, 4) is 0 Å². The molecule has 0 unspecified atom stereocenters. The zero-order valence-electron chi connectivity index (χ0n) is 24.1. The van der Waals surface area contributed by atoms with Crippen LogP contribution in [0, 0.1) is 0 Å². The minimum atomic E-state index is -1.15. The highest BCUT2D eigenvalue weighted by molar-refractivity contribution is 5.97. The van der Waals surface area contributed by atoms with Gasteiger partial charge in [0.2, 0.25) is 0 Å². The van der Waals surface area contributed by atoms with Crippen molar-refractivity contribution in [3.05, 3.63) is 77.1 Å². The second kappa shape index (κ2) is 10.9. The van der Waals surface area contributed by atoms with Gasteiger partial charge in [0.25, 0.3) is 0 Å². The van der Waals surface area contributed by atoms with Gasteiger partial charge in [-0.15, -0.1) is 0 Å². The Bertz CT molecular complexity index is 1230. The van der Waals surface area contributed by atoms with E-state index in [1.165, 1.54) is 0 Å². The van der Waals surface area contributed by atoms with Crippen LogP contribution in [0.1, 0.15) is 54.7 Å². The molecule has 7 nitrogen and oxygen atoms in total. The first kappa shape index (κ1) is 27.3. The molecular weight excluding hydrogens is 474 g/mol. The minimum Gasteiger partial charge on any atom is -0.440 e. The first-order chi connectivity index (χ1) is 18.2. The summed E-state index contributed by atoms with van der Waals surface area (Å²) in [5, 5.41) is 0. The Morgan fingerprint density at radius 1 is 0.711 bits per heavy atom. The maximum absolute atomic E-state index is 13.5. The quantitative estimate of drug-likeness (QED) is 0.337. The van der Waals surface area contributed by atoms with E-state index in [0.29, 0.717) is 5.56 Å². The molecule has 0 N–H and O–H groups in total. The third kappa shape index (κ3) is 4.44. The van der Waals surface area contributed by atoms with Crippen LogP contribution in [-0.4, -0.2) is 65.3 Å². The Labute approximate surface area is 227 Å². The number of carbonyl (C=O) groups is 1. The fourth-order valence-electron chi connectivity index (χ4n) is 5.49. The van der Waals surface area contributed by atoms with Crippen LogP contribution < -0.4 is 19.6 Å². The van der Waals surface area contributed by atoms with E-state index in [2.05, 4.69) is 88.7 Å². The van der Waals surface area contributed by atoms with Gasteiger partial charge in [-0.2, -0.15) is 0 Å². The first-order valence-corrected chi connectivity index (χ1v) is 13.5. The summed E-state index contributed by atoms with van der Waals surface area (Å²) in [6.07, 6.45) is 3.47. The molecule has 0 bridgehead atoms. The van der Waals surface area contributed by atoms with Crippen LogP contribution in [0.4, 0.5) is 22.7 Å². The van der Waals surface area contributed by atoms with Crippen LogP contribution in [0.5, 0.6) is 0 Å². The van der Waals surface area contributed by atoms with Crippen molar-refractivity contribution in [2.75, 3.05) is 74.0 Å². The summed E-state index contributed by atoms with van der Waals surface area (Å²) in [5.41, 5.74) is 6.36. The van der Waals surface area contributed by atoms with Crippen molar-refractivity contribution in [3.63, 3.8) is 0 Å². The largest absolute Gasteiger partial charge is 0.440 e. The van der Waals surface area contributed by atoms with Gasteiger partial charge in [-0.3, -0.25) is 4.98 Å². The predicted molar refractivity (Wildman–Crippen MR) is 158 cm³/mol. The number of fused-ring (bicyclic) bond motifs is 1. The predicted octanol–water partition coefficient (Wildman–Crippen LogP) is 5.37. The summed E-state index contributed by atoms with van der Waals surface area (Å²) >= 11 is 0. The summed E-state index contributed by atoms with van der Waals surface area (Å²) in [6.45, 7) is 11.9. The molecule has 2 heterocycles. The van der Waals surface area contributed by atoms with E-state index in [-0.39, 0.29) is 5.97 Å². The number of rotatable bonds is 10. The Hall–Kier alpha value is -3.74. The van der Waals surface area contributed by atoms with Crippen LogP contribution >= 0.6 is 0 Å². The zero-order chi connectivity index (χ0) is 27.6. The molecule has 1 aromatic heterocycles. The summed E-state index contributed by atoms with van der Waals surface area (Å²) < 4.78 is 6.59. The average Bonchev–Trinajstić information content (AvgIpc) is 3.23. The summed E-state index contributed by atoms with van der Waals surface area (Å²) in [7, 11) is 8.18. The van der Waals surface area contributed by atoms with E-state index in [0.717, 1.165) is 65.6 Å². The highest BCUT2D eigenvalue weighted by Gasteiger charge is 2.52. The first-order valence-electron chi connectivity index (χ1n) is 13.5. The number of esters is 1. The fourth-order valence-corrected chi connectivity index (χ4v) is 5.49. The molecule has 2 aromatic carbocycles. The highest BCUT2D eigenvalue weighted by atomic mass is 16.6. The van der Waals surface area contributed by atoms with Crippen molar-refractivity contribution in [1.82, 2.24) is 4.98 Å². The lowest BCUT2D eigenvalue weighted by molar-refractivity contribution is 0.0254. The third-order valence-electron chi connectivity index (χ3n) is 7.63. The number of aromatic nitrogens is 1. The summed E-state index contributed by atoms with van der Waals surface area (Å²) in [4.78, 5) is 26.9. The lowest BCUT2D eigenvalue weighted by Crippen LogP contribution is -2.36. The van der Waals surface area contributed by atoms with Gasteiger partial charge in [0.05, 0.1) is 5.56 Å². The van der Waals surface area contributed by atoms with Gasteiger partial charge in [-0.1, -0.05) is 12.1 Å².